The van der Waals surface area contributed by atoms with Crippen molar-refractivity contribution < 1.29 is 17.7 Å². The summed E-state index contributed by atoms with van der Waals surface area (Å²) in [6.45, 7) is 0. The van der Waals surface area contributed by atoms with Crippen molar-refractivity contribution in [2.24, 2.45) is 0 Å². The minimum Gasteiger partial charge on any atom is -0.496 e. The van der Waals surface area contributed by atoms with Gasteiger partial charge in [-0.3, -0.25) is 0 Å². The lowest BCUT2D eigenvalue weighted by Gasteiger charge is -2.17. The Balaban J connectivity index is 1.99. The van der Waals surface area contributed by atoms with Crippen LogP contribution in [-0.2, 0) is 10.0 Å². The first-order valence-electron chi connectivity index (χ1n) is 8.38. The molecule has 2 aromatic rings. The summed E-state index contributed by atoms with van der Waals surface area (Å²) in [6.07, 6.45) is 5.68. The maximum atomic E-state index is 12.4. The quantitative estimate of drug-likeness (QED) is 0.809. The fraction of sp³-hybridized carbons (Fsp3) is 0.529. The van der Waals surface area contributed by atoms with Gasteiger partial charge in [0.15, 0.2) is 0 Å². The number of rotatable bonds is 5. The molecule has 1 saturated carbocycles. The molecule has 1 heterocycles. The molecule has 3 rings (SSSR count). The molecular formula is C17H23N3O4S. The van der Waals surface area contributed by atoms with E-state index < -0.39 is 10.0 Å². The molecule has 1 aliphatic rings. The van der Waals surface area contributed by atoms with Gasteiger partial charge in [0.2, 0.25) is 21.7 Å². The summed E-state index contributed by atoms with van der Waals surface area (Å²) in [7, 11) is 0.964. The summed E-state index contributed by atoms with van der Waals surface area (Å²) in [5.41, 5.74) is 0.510. The summed E-state index contributed by atoms with van der Waals surface area (Å²) in [5.74, 6) is 1.77. The molecule has 0 saturated heterocycles. The third kappa shape index (κ3) is 3.55. The van der Waals surface area contributed by atoms with E-state index in [1.165, 1.54) is 56.9 Å². The van der Waals surface area contributed by atoms with E-state index in [2.05, 4.69) is 10.1 Å². The van der Waals surface area contributed by atoms with E-state index in [0.717, 1.165) is 12.8 Å². The first kappa shape index (κ1) is 17.9. The van der Waals surface area contributed by atoms with Crippen molar-refractivity contribution in [3.8, 4) is 17.1 Å². The van der Waals surface area contributed by atoms with Gasteiger partial charge >= 0.3 is 0 Å². The van der Waals surface area contributed by atoms with Gasteiger partial charge in [0, 0.05) is 20.0 Å². The molecule has 7 nitrogen and oxygen atoms in total. The molecule has 0 atom stereocenters. The van der Waals surface area contributed by atoms with Gasteiger partial charge in [0.25, 0.3) is 0 Å². The molecule has 1 aromatic heterocycles. The van der Waals surface area contributed by atoms with Crippen LogP contribution in [-0.4, -0.2) is 44.1 Å². The summed E-state index contributed by atoms with van der Waals surface area (Å²) in [6, 6.07) is 4.66. The second-order valence-electron chi connectivity index (χ2n) is 6.44. The number of hydrogen-bond donors (Lipinski definition) is 0. The van der Waals surface area contributed by atoms with Crippen molar-refractivity contribution in [3.05, 3.63) is 24.1 Å². The lowest BCUT2D eigenvalue weighted by Crippen LogP contribution is -2.22. The number of nitrogens with zero attached hydrogens (tertiary/aromatic N) is 3. The Morgan fingerprint density at radius 1 is 1.20 bits per heavy atom. The summed E-state index contributed by atoms with van der Waals surface area (Å²) >= 11 is 0. The maximum absolute atomic E-state index is 12.4. The Morgan fingerprint density at radius 2 is 1.92 bits per heavy atom. The van der Waals surface area contributed by atoms with Gasteiger partial charge < -0.3 is 9.26 Å². The third-order valence-electron chi connectivity index (χ3n) is 4.59. The fourth-order valence-electron chi connectivity index (χ4n) is 3.09. The van der Waals surface area contributed by atoms with Gasteiger partial charge in [0.1, 0.15) is 5.75 Å². The Hall–Kier alpha value is -1.93. The van der Waals surface area contributed by atoms with E-state index in [1.54, 1.807) is 6.07 Å². The highest BCUT2D eigenvalue weighted by atomic mass is 32.2. The molecule has 0 radical (unpaired) electrons. The minimum atomic E-state index is -3.55. The first-order valence-corrected chi connectivity index (χ1v) is 9.82. The molecule has 1 fully saturated rings. The second-order valence-corrected chi connectivity index (χ2v) is 8.59. The molecule has 1 aliphatic carbocycles. The molecule has 0 amide bonds. The van der Waals surface area contributed by atoms with Crippen molar-refractivity contribution >= 4 is 10.0 Å². The van der Waals surface area contributed by atoms with Gasteiger partial charge in [-0.2, -0.15) is 4.98 Å². The fourth-order valence-corrected chi connectivity index (χ4v) is 4.02. The third-order valence-corrected chi connectivity index (χ3v) is 6.40. The van der Waals surface area contributed by atoms with Gasteiger partial charge in [-0.1, -0.05) is 24.4 Å². The van der Waals surface area contributed by atoms with Crippen molar-refractivity contribution in [1.82, 2.24) is 14.4 Å². The number of benzene rings is 1. The summed E-state index contributed by atoms with van der Waals surface area (Å²) < 4.78 is 36.8. The van der Waals surface area contributed by atoms with E-state index in [-0.39, 0.29) is 10.8 Å². The molecule has 0 N–H and O–H groups in total. The number of sulfonamides is 1. The van der Waals surface area contributed by atoms with E-state index >= 15 is 0 Å². The van der Waals surface area contributed by atoms with E-state index in [1.807, 2.05) is 0 Å². The molecule has 1 aromatic carbocycles. The van der Waals surface area contributed by atoms with Crippen LogP contribution in [0.1, 0.15) is 43.9 Å². The second kappa shape index (κ2) is 7.13. The molecule has 0 unspecified atom stereocenters. The zero-order valence-electron chi connectivity index (χ0n) is 14.7. The van der Waals surface area contributed by atoms with Crippen LogP contribution in [0.25, 0.3) is 11.4 Å². The van der Waals surface area contributed by atoms with Crippen molar-refractivity contribution in [2.75, 3.05) is 21.2 Å². The predicted octanol–water partition coefficient (Wildman–Crippen LogP) is 3.04. The van der Waals surface area contributed by atoms with Gasteiger partial charge in [-0.05, 0) is 31.0 Å². The van der Waals surface area contributed by atoms with Crippen LogP contribution >= 0.6 is 0 Å². The van der Waals surface area contributed by atoms with Crippen LogP contribution in [0.4, 0.5) is 0 Å². The largest absolute Gasteiger partial charge is 0.496 e. The number of methoxy groups -OCH3 is 1. The number of ether oxygens (including phenoxy) is 1. The lowest BCUT2D eigenvalue weighted by molar-refractivity contribution is 0.314. The average Bonchev–Trinajstić information content (AvgIpc) is 3.11. The molecular weight excluding hydrogens is 342 g/mol. The SMILES string of the molecule is COc1ccc(S(=O)(=O)N(C)C)cc1-c1noc(C2CCCCC2)n1. The van der Waals surface area contributed by atoms with Crippen LogP contribution in [0.3, 0.4) is 0 Å². The molecule has 0 aliphatic heterocycles. The predicted molar refractivity (Wildman–Crippen MR) is 93.0 cm³/mol. The summed E-state index contributed by atoms with van der Waals surface area (Å²) in [5, 5.41) is 4.06. The van der Waals surface area contributed by atoms with Crippen LogP contribution in [0, 0.1) is 0 Å². The van der Waals surface area contributed by atoms with Crippen LogP contribution < -0.4 is 4.74 Å². The lowest BCUT2D eigenvalue weighted by atomic mass is 9.89. The van der Waals surface area contributed by atoms with Crippen molar-refractivity contribution in [3.63, 3.8) is 0 Å². The van der Waals surface area contributed by atoms with E-state index in [0.29, 0.717) is 23.0 Å². The van der Waals surface area contributed by atoms with Gasteiger partial charge in [0.05, 0.1) is 17.6 Å². The highest BCUT2D eigenvalue weighted by Gasteiger charge is 2.25. The maximum Gasteiger partial charge on any atom is 0.242 e. The molecule has 25 heavy (non-hydrogen) atoms. The van der Waals surface area contributed by atoms with E-state index in [4.69, 9.17) is 9.26 Å². The Bertz CT molecular complexity index is 839. The molecule has 0 spiro atoms. The van der Waals surface area contributed by atoms with Crippen LogP contribution in [0.2, 0.25) is 0 Å². The Kier molecular flexibility index (Phi) is 5.10. The molecule has 0 bridgehead atoms. The standard InChI is InChI=1S/C17H23N3O4S/c1-20(2)25(21,22)13-9-10-15(23-3)14(11-13)16-18-17(24-19-16)12-7-5-4-6-8-12/h9-12H,4-8H2,1-3H3. The van der Waals surface area contributed by atoms with Crippen LogP contribution in [0.15, 0.2) is 27.6 Å². The molecule has 8 heteroatoms. The summed E-state index contributed by atoms with van der Waals surface area (Å²) in [4.78, 5) is 4.68. The zero-order valence-corrected chi connectivity index (χ0v) is 15.5. The minimum absolute atomic E-state index is 0.164. The van der Waals surface area contributed by atoms with Gasteiger partial charge in [-0.15, -0.1) is 0 Å². The number of aromatic nitrogens is 2. The van der Waals surface area contributed by atoms with Crippen molar-refractivity contribution in [1.29, 1.82) is 0 Å². The molecule has 136 valence electrons. The first-order chi connectivity index (χ1) is 11.9. The highest BCUT2D eigenvalue weighted by Crippen LogP contribution is 2.35. The Morgan fingerprint density at radius 3 is 2.56 bits per heavy atom. The van der Waals surface area contributed by atoms with Crippen molar-refractivity contribution in [2.45, 2.75) is 42.9 Å². The smallest absolute Gasteiger partial charge is 0.242 e. The normalized spacial score (nSPS) is 16.3. The zero-order chi connectivity index (χ0) is 18.0. The number of hydrogen-bond acceptors (Lipinski definition) is 6. The highest BCUT2D eigenvalue weighted by molar-refractivity contribution is 7.89. The Labute approximate surface area is 148 Å². The van der Waals surface area contributed by atoms with E-state index in [9.17, 15) is 8.42 Å². The topological polar surface area (TPSA) is 85.5 Å². The van der Waals surface area contributed by atoms with Crippen LogP contribution in [0.5, 0.6) is 5.75 Å². The van der Waals surface area contributed by atoms with Gasteiger partial charge in [-0.25, -0.2) is 12.7 Å². The average molecular weight is 365 g/mol. The monoisotopic (exact) mass is 365 g/mol.